The van der Waals surface area contributed by atoms with Gasteiger partial charge in [0.2, 0.25) is 5.91 Å². The predicted molar refractivity (Wildman–Crippen MR) is 143 cm³/mol. The maximum absolute atomic E-state index is 14.0. The van der Waals surface area contributed by atoms with E-state index in [1.165, 1.54) is 33.7 Å². The Bertz CT molecular complexity index is 1630. The minimum absolute atomic E-state index is 0.00166. The van der Waals surface area contributed by atoms with Crippen molar-refractivity contribution in [1.29, 1.82) is 0 Å². The van der Waals surface area contributed by atoms with Crippen molar-refractivity contribution >= 4 is 29.3 Å². The lowest BCUT2D eigenvalue weighted by Gasteiger charge is -2.37. The zero-order chi connectivity index (χ0) is 32.3. The van der Waals surface area contributed by atoms with Crippen molar-refractivity contribution in [2.45, 2.75) is 63.8 Å². The number of likely N-dealkylation sites (N-methyl/N-ethyl adjacent to an activating group) is 1. The van der Waals surface area contributed by atoms with Gasteiger partial charge in [-0.3, -0.25) is 19.1 Å². The fourth-order valence-electron chi connectivity index (χ4n) is 5.54. The van der Waals surface area contributed by atoms with Crippen LogP contribution in [0.25, 0.3) is 0 Å². The summed E-state index contributed by atoms with van der Waals surface area (Å²) in [6, 6.07) is 1.81. The normalized spacial score (nSPS) is 19.5. The molecule has 0 spiro atoms. The number of nitrogens with zero attached hydrogens (tertiary/aromatic N) is 6. The quantitative estimate of drug-likeness (QED) is 0.414. The molecule has 0 radical (unpaired) electrons. The highest BCUT2D eigenvalue weighted by atomic mass is 35.5. The van der Waals surface area contributed by atoms with E-state index < -0.39 is 65.3 Å². The molecule has 0 unspecified atom stereocenters. The highest BCUT2D eigenvalue weighted by molar-refractivity contribution is 6.31. The van der Waals surface area contributed by atoms with Gasteiger partial charge in [0.1, 0.15) is 18.3 Å². The summed E-state index contributed by atoms with van der Waals surface area (Å²) in [5, 5.41) is 10.5. The van der Waals surface area contributed by atoms with E-state index in [2.05, 4.69) is 15.5 Å². The van der Waals surface area contributed by atoms with Crippen LogP contribution in [0, 0.1) is 0 Å². The van der Waals surface area contributed by atoms with Crippen LogP contribution in [0.5, 0.6) is 0 Å². The zero-order valence-corrected chi connectivity index (χ0v) is 24.3. The Kier molecular flexibility index (Phi) is 7.93. The monoisotopic (exact) mass is 645 g/mol. The van der Waals surface area contributed by atoms with Crippen LogP contribution in [0.2, 0.25) is 5.02 Å². The Hall–Kier alpha value is -4.08. The van der Waals surface area contributed by atoms with Gasteiger partial charge in [-0.2, -0.15) is 36.5 Å². The summed E-state index contributed by atoms with van der Waals surface area (Å²) in [6.07, 6.45) is -8.01. The largest absolute Gasteiger partial charge is 0.417 e. The van der Waals surface area contributed by atoms with E-state index in [1.807, 2.05) is 0 Å². The number of hydrogen-bond donors (Lipinski definition) is 1. The first kappa shape index (κ1) is 31.3. The van der Waals surface area contributed by atoms with Gasteiger partial charge in [-0.25, -0.2) is 4.68 Å². The van der Waals surface area contributed by atoms with Gasteiger partial charge in [0.25, 0.3) is 11.8 Å². The first-order valence-electron chi connectivity index (χ1n) is 13.4. The second-order valence-corrected chi connectivity index (χ2v) is 11.1. The Morgan fingerprint density at radius 1 is 1.14 bits per heavy atom. The molecule has 1 aromatic carbocycles. The highest BCUT2D eigenvalue weighted by Gasteiger charge is 2.44. The molecule has 3 aromatic rings. The maximum atomic E-state index is 14.0. The third-order valence-corrected chi connectivity index (χ3v) is 8.13. The maximum Gasteiger partial charge on any atom is 0.417 e. The average molecular weight is 646 g/mol. The molecule has 1 N–H and O–H groups in total. The van der Waals surface area contributed by atoms with Crippen LogP contribution in [-0.4, -0.2) is 72.9 Å². The van der Waals surface area contributed by atoms with E-state index in [0.717, 1.165) is 12.3 Å². The number of halogens is 7. The molecular weight excluding hydrogens is 620 g/mol. The lowest BCUT2D eigenvalue weighted by Crippen LogP contribution is -2.49. The van der Waals surface area contributed by atoms with E-state index in [4.69, 9.17) is 11.6 Å². The first-order valence-corrected chi connectivity index (χ1v) is 13.8. The standard InChI is InChI=1S/C27H26ClF6N7O3/c1-13-8-20-16(10-39(13)24(43)15-4-5-18(28)17(9-15)27(32,33)34)22-25(44)40(11-21(23(42)35-3)41(22)37-20)14(2)19-6-7-38(36-19)12-26(29,30)31/h4-7,9,13-14,21H,8,10-12H2,1-3H3,(H,35,42)/t13-,14+,21+/m1/s1. The van der Waals surface area contributed by atoms with Crippen LogP contribution >= 0.6 is 11.6 Å². The average Bonchev–Trinajstić information content (AvgIpc) is 3.54. The van der Waals surface area contributed by atoms with Gasteiger partial charge in [0.05, 0.1) is 41.1 Å². The van der Waals surface area contributed by atoms with Gasteiger partial charge >= 0.3 is 12.4 Å². The summed E-state index contributed by atoms with van der Waals surface area (Å²) >= 11 is 5.73. The van der Waals surface area contributed by atoms with Gasteiger partial charge in [0.15, 0.2) is 0 Å². The van der Waals surface area contributed by atoms with Crippen molar-refractivity contribution in [3.05, 3.63) is 69.3 Å². The van der Waals surface area contributed by atoms with Crippen molar-refractivity contribution in [2.75, 3.05) is 13.6 Å². The van der Waals surface area contributed by atoms with E-state index >= 15 is 0 Å². The zero-order valence-electron chi connectivity index (χ0n) is 23.5. The molecule has 0 bridgehead atoms. The Morgan fingerprint density at radius 3 is 2.48 bits per heavy atom. The molecule has 0 saturated carbocycles. The Morgan fingerprint density at radius 2 is 1.84 bits per heavy atom. The molecule has 3 atom stereocenters. The number of hydrogen-bond acceptors (Lipinski definition) is 5. The molecule has 0 fully saturated rings. The van der Waals surface area contributed by atoms with Crippen LogP contribution in [0.15, 0.2) is 30.5 Å². The number of benzene rings is 1. The number of fused-ring (bicyclic) bond motifs is 3. The van der Waals surface area contributed by atoms with Crippen LogP contribution in [-0.2, 0) is 30.5 Å². The number of aromatic nitrogens is 4. The minimum Gasteiger partial charge on any atom is -0.357 e. The van der Waals surface area contributed by atoms with E-state index in [0.29, 0.717) is 22.0 Å². The third kappa shape index (κ3) is 5.74. The lowest BCUT2D eigenvalue weighted by molar-refractivity contribution is -0.142. The Labute approximate surface area is 251 Å². The Balaban J connectivity index is 1.50. The first-order chi connectivity index (χ1) is 20.5. The number of amides is 3. The summed E-state index contributed by atoms with van der Waals surface area (Å²) in [7, 11) is 1.40. The molecule has 2 aliphatic rings. The molecule has 5 rings (SSSR count). The number of alkyl halides is 6. The van der Waals surface area contributed by atoms with Crippen molar-refractivity contribution in [3.63, 3.8) is 0 Å². The van der Waals surface area contributed by atoms with Crippen molar-refractivity contribution in [3.8, 4) is 0 Å². The predicted octanol–water partition coefficient (Wildman–Crippen LogP) is 4.41. The molecule has 2 aromatic heterocycles. The summed E-state index contributed by atoms with van der Waals surface area (Å²) in [5.41, 5.74) is -0.497. The molecule has 0 saturated heterocycles. The van der Waals surface area contributed by atoms with Gasteiger partial charge in [-0.1, -0.05) is 11.6 Å². The number of nitrogens with one attached hydrogen (secondary N) is 1. The molecule has 4 heterocycles. The van der Waals surface area contributed by atoms with Gasteiger partial charge in [-0.15, -0.1) is 0 Å². The lowest BCUT2D eigenvalue weighted by atomic mass is 9.96. The second kappa shape index (κ2) is 11.1. The molecule has 3 amide bonds. The van der Waals surface area contributed by atoms with Crippen LogP contribution in [0.3, 0.4) is 0 Å². The number of carbonyl (C=O) groups excluding carboxylic acids is 3. The summed E-state index contributed by atoms with van der Waals surface area (Å²) in [6.45, 7) is 1.57. The summed E-state index contributed by atoms with van der Waals surface area (Å²) in [4.78, 5) is 43.0. The molecule has 236 valence electrons. The van der Waals surface area contributed by atoms with Crippen LogP contribution < -0.4 is 5.32 Å². The van der Waals surface area contributed by atoms with Crippen LogP contribution in [0.4, 0.5) is 26.3 Å². The molecule has 2 aliphatic heterocycles. The van der Waals surface area contributed by atoms with Gasteiger partial charge < -0.3 is 15.1 Å². The van der Waals surface area contributed by atoms with E-state index in [9.17, 15) is 40.7 Å². The summed E-state index contributed by atoms with van der Waals surface area (Å²) in [5.74, 6) is -1.80. The number of carbonyl (C=O) groups is 3. The van der Waals surface area contributed by atoms with Crippen molar-refractivity contribution in [2.24, 2.45) is 0 Å². The topological polar surface area (TPSA) is 105 Å². The molecule has 10 nitrogen and oxygen atoms in total. The van der Waals surface area contributed by atoms with Crippen molar-refractivity contribution < 1.29 is 40.7 Å². The fraction of sp³-hybridized carbons (Fsp3) is 0.444. The molecule has 44 heavy (non-hydrogen) atoms. The fourth-order valence-corrected chi connectivity index (χ4v) is 5.76. The van der Waals surface area contributed by atoms with E-state index in [-0.39, 0.29) is 36.5 Å². The highest BCUT2D eigenvalue weighted by Crippen LogP contribution is 2.38. The van der Waals surface area contributed by atoms with Crippen molar-refractivity contribution in [1.82, 2.24) is 34.7 Å². The third-order valence-electron chi connectivity index (χ3n) is 7.80. The SMILES string of the molecule is CNC(=O)[C@@H]1CN([C@@H](C)c2ccn(CC(F)(F)F)n2)C(=O)c2c3c(nn21)C[C@@H](C)N(C(=O)c1ccc(Cl)c(C(F)(F)F)c1)C3. The van der Waals surface area contributed by atoms with E-state index in [1.54, 1.807) is 13.8 Å². The number of rotatable bonds is 5. The molecule has 0 aliphatic carbocycles. The minimum atomic E-state index is -4.79. The van der Waals surface area contributed by atoms with Crippen LogP contribution in [0.1, 0.15) is 69.3 Å². The smallest absolute Gasteiger partial charge is 0.357 e. The second-order valence-electron chi connectivity index (χ2n) is 10.7. The van der Waals surface area contributed by atoms with Gasteiger partial charge in [0, 0.05) is 36.8 Å². The molecule has 17 heteroatoms. The summed E-state index contributed by atoms with van der Waals surface area (Å²) < 4.78 is 81.1. The molecular formula is C27H26ClF6N7O3. The van der Waals surface area contributed by atoms with Gasteiger partial charge in [-0.05, 0) is 38.1 Å².